The van der Waals surface area contributed by atoms with Crippen molar-refractivity contribution in [2.75, 3.05) is 4.90 Å². The number of carbonyl (C=O) groups excluding carboxylic acids is 1. The molecule has 0 spiro atoms. The van der Waals surface area contributed by atoms with Crippen LogP contribution in [0.4, 0.5) is 11.4 Å². The van der Waals surface area contributed by atoms with Crippen molar-refractivity contribution in [2.45, 2.75) is 25.8 Å². The van der Waals surface area contributed by atoms with Gasteiger partial charge in [-0.25, -0.2) is 0 Å². The van der Waals surface area contributed by atoms with Crippen LogP contribution in [0.15, 0.2) is 66.0 Å². The van der Waals surface area contributed by atoms with E-state index in [1.165, 1.54) is 4.80 Å². The monoisotopic (exact) mass is 401 g/mol. The minimum atomic E-state index is -0.588. The molecule has 3 heterocycles. The van der Waals surface area contributed by atoms with E-state index in [0.717, 1.165) is 40.2 Å². The Hall–Kier alpha value is -3.32. The molecule has 6 nitrogen and oxygen atoms in total. The molecule has 0 bridgehead atoms. The van der Waals surface area contributed by atoms with Crippen LogP contribution in [0.25, 0.3) is 10.7 Å². The van der Waals surface area contributed by atoms with Crippen LogP contribution < -0.4 is 4.90 Å². The lowest BCUT2D eigenvalue weighted by Gasteiger charge is -2.27. The molecule has 5 rings (SSSR count). The van der Waals surface area contributed by atoms with Gasteiger partial charge in [-0.3, -0.25) is 9.69 Å². The average Bonchev–Trinajstić information content (AvgIpc) is 3.42. The second-order valence-corrected chi connectivity index (χ2v) is 7.97. The van der Waals surface area contributed by atoms with Gasteiger partial charge in [-0.1, -0.05) is 42.5 Å². The van der Waals surface area contributed by atoms with E-state index in [1.807, 2.05) is 65.7 Å². The number of rotatable bonds is 3. The number of carbonyl (C=O) groups is 1. The number of thiophene rings is 1. The van der Waals surface area contributed by atoms with Crippen LogP contribution in [-0.4, -0.2) is 26.1 Å². The van der Waals surface area contributed by atoms with Crippen LogP contribution in [0.2, 0.25) is 0 Å². The third kappa shape index (κ3) is 3.13. The van der Waals surface area contributed by atoms with Crippen LogP contribution in [0.5, 0.6) is 0 Å². The summed E-state index contributed by atoms with van der Waals surface area (Å²) in [7, 11) is 0. The zero-order valence-corrected chi connectivity index (χ0v) is 16.7. The van der Waals surface area contributed by atoms with Crippen molar-refractivity contribution in [3.05, 3.63) is 77.2 Å². The van der Waals surface area contributed by atoms with E-state index in [0.29, 0.717) is 5.82 Å². The predicted octanol–water partition coefficient (Wildman–Crippen LogP) is 4.43. The lowest BCUT2D eigenvalue weighted by molar-refractivity contribution is -0.121. The number of amides is 1. The molecule has 4 aromatic rings. The summed E-state index contributed by atoms with van der Waals surface area (Å²) in [5.41, 5.74) is 4.17. The summed E-state index contributed by atoms with van der Waals surface area (Å²) in [5.74, 6) is 0.457. The van der Waals surface area contributed by atoms with Gasteiger partial charge in [0.05, 0.1) is 16.3 Å². The normalized spacial score (nSPS) is 14.0. The molecule has 144 valence electrons. The first-order chi connectivity index (χ1) is 14.2. The fraction of sp³-hybridized carbons (Fsp3) is 0.182. The molecule has 0 aliphatic carbocycles. The summed E-state index contributed by atoms with van der Waals surface area (Å²) in [4.78, 5) is 17.8. The van der Waals surface area contributed by atoms with E-state index in [4.69, 9.17) is 0 Å². The van der Waals surface area contributed by atoms with Gasteiger partial charge in [-0.05, 0) is 59.7 Å². The number of tetrazole rings is 1. The first-order valence-corrected chi connectivity index (χ1v) is 10.4. The molecule has 7 heteroatoms. The first kappa shape index (κ1) is 17.8. The van der Waals surface area contributed by atoms with E-state index in [9.17, 15) is 4.79 Å². The van der Waals surface area contributed by atoms with E-state index < -0.39 is 6.04 Å². The van der Waals surface area contributed by atoms with Gasteiger partial charge in [0.25, 0.3) is 5.91 Å². The molecule has 29 heavy (non-hydrogen) atoms. The molecular weight excluding hydrogens is 382 g/mol. The Bertz CT molecular complexity index is 1120. The summed E-state index contributed by atoms with van der Waals surface area (Å²) in [6.45, 7) is 1.82. The molecule has 1 unspecified atom stereocenters. The first-order valence-electron chi connectivity index (χ1n) is 9.55. The Labute approximate surface area is 172 Å². The van der Waals surface area contributed by atoms with Crippen molar-refractivity contribution in [2.24, 2.45) is 0 Å². The molecule has 2 aromatic carbocycles. The van der Waals surface area contributed by atoms with Crippen molar-refractivity contribution < 1.29 is 4.79 Å². The Morgan fingerprint density at radius 2 is 1.62 bits per heavy atom. The van der Waals surface area contributed by atoms with Gasteiger partial charge in [0, 0.05) is 0 Å². The maximum atomic E-state index is 13.7. The Morgan fingerprint density at radius 1 is 0.966 bits per heavy atom. The van der Waals surface area contributed by atoms with Gasteiger partial charge >= 0.3 is 0 Å². The Morgan fingerprint density at radius 3 is 2.24 bits per heavy atom. The van der Waals surface area contributed by atoms with Crippen LogP contribution in [-0.2, 0) is 17.6 Å². The van der Waals surface area contributed by atoms with Crippen LogP contribution in [0, 0.1) is 0 Å². The number of hydrogen-bond donors (Lipinski definition) is 0. The van der Waals surface area contributed by atoms with Crippen molar-refractivity contribution in [1.29, 1.82) is 0 Å². The maximum absolute atomic E-state index is 13.7. The fourth-order valence-electron chi connectivity index (χ4n) is 3.70. The molecule has 1 atom stereocenters. The van der Waals surface area contributed by atoms with Gasteiger partial charge in [0.2, 0.25) is 5.82 Å². The second-order valence-electron chi connectivity index (χ2n) is 7.02. The number of anilines is 2. The summed E-state index contributed by atoms with van der Waals surface area (Å²) in [5, 5.41) is 14.7. The molecule has 2 aromatic heterocycles. The van der Waals surface area contributed by atoms with Crippen LogP contribution >= 0.6 is 11.3 Å². The molecular formula is C22H19N5OS. The Balaban J connectivity index is 1.55. The fourth-order valence-corrected chi connectivity index (χ4v) is 4.34. The highest BCUT2D eigenvalue weighted by atomic mass is 32.1. The van der Waals surface area contributed by atoms with Crippen LogP contribution in [0.3, 0.4) is 0 Å². The third-order valence-corrected chi connectivity index (χ3v) is 6.09. The summed E-state index contributed by atoms with van der Waals surface area (Å²) in [6, 6.07) is 19.5. The molecule has 1 aliphatic heterocycles. The quantitative estimate of drug-likeness (QED) is 0.510. The number of nitrogens with zero attached hydrogens (tertiary/aromatic N) is 5. The maximum Gasteiger partial charge on any atom is 0.258 e. The highest BCUT2D eigenvalue weighted by Crippen LogP contribution is 2.37. The standard InChI is InChI=1S/C22H19N5OS/c1-15(27-24-21(23-25-27)20-11-6-14-29-20)22(28)26-18-9-4-2-7-16(18)12-13-17-8-3-5-10-19(17)26/h2-11,14-15H,12-13H2,1H3. The van der Waals surface area contributed by atoms with Crippen LogP contribution in [0.1, 0.15) is 24.1 Å². The highest BCUT2D eigenvalue weighted by Gasteiger charge is 2.31. The molecule has 1 aliphatic rings. The summed E-state index contributed by atoms with van der Waals surface area (Å²) >= 11 is 1.55. The van der Waals surface area contributed by atoms with E-state index >= 15 is 0 Å². The molecule has 0 saturated carbocycles. The highest BCUT2D eigenvalue weighted by molar-refractivity contribution is 7.13. The SMILES string of the molecule is CC(C(=O)N1c2ccccc2CCc2ccccc21)n1nnc(-c2cccs2)n1. The van der Waals surface area contributed by atoms with Gasteiger partial charge in [0.1, 0.15) is 6.04 Å². The van der Waals surface area contributed by atoms with Crippen molar-refractivity contribution >= 4 is 28.6 Å². The molecule has 0 fully saturated rings. The number of para-hydroxylation sites is 2. The zero-order valence-electron chi connectivity index (χ0n) is 15.9. The number of aryl methyl sites for hydroxylation is 2. The number of benzene rings is 2. The van der Waals surface area contributed by atoms with Gasteiger partial charge in [-0.15, -0.1) is 21.5 Å². The molecule has 0 saturated heterocycles. The molecule has 0 N–H and O–H groups in total. The van der Waals surface area contributed by atoms with Crippen molar-refractivity contribution in [1.82, 2.24) is 20.2 Å². The van der Waals surface area contributed by atoms with E-state index in [2.05, 4.69) is 27.5 Å². The van der Waals surface area contributed by atoms with E-state index in [1.54, 1.807) is 11.3 Å². The van der Waals surface area contributed by atoms with Gasteiger partial charge in [0.15, 0.2) is 0 Å². The smallest absolute Gasteiger partial charge is 0.258 e. The summed E-state index contributed by atoms with van der Waals surface area (Å²) < 4.78 is 0. The van der Waals surface area contributed by atoms with Gasteiger partial charge < -0.3 is 0 Å². The van der Waals surface area contributed by atoms with Crippen molar-refractivity contribution in [3.63, 3.8) is 0 Å². The van der Waals surface area contributed by atoms with Gasteiger partial charge in [-0.2, -0.15) is 4.80 Å². The number of hydrogen-bond acceptors (Lipinski definition) is 5. The largest absolute Gasteiger partial charge is 0.279 e. The topological polar surface area (TPSA) is 63.9 Å². The zero-order chi connectivity index (χ0) is 19.8. The molecule has 0 radical (unpaired) electrons. The minimum Gasteiger partial charge on any atom is -0.279 e. The number of fused-ring (bicyclic) bond motifs is 2. The summed E-state index contributed by atoms with van der Waals surface area (Å²) in [6.07, 6.45) is 1.80. The minimum absolute atomic E-state index is 0.0815. The van der Waals surface area contributed by atoms with Crippen molar-refractivity contribution in [3.8, 4) is 10.7 Å². The lowest BCUT2D eigenvalue weighted by atomic mass is 10.0. The predicted molar refractivity (Wildman–Crippen MR) is 113 cm³/mol. The van der Waals surface area contributed by atoms with E-state index in [-0.39, 0.29) is 5.91 Å². The number of aromatic nitrogens is 4. The third-order valence-electron chi connectivity index (χ3n) is 5.22. The Kier molecular flexibility index (Phi) is 4.44. The molecule has 1 amide bonds. The lowest BCUT2D eigenvalue weighted by Crippen LogP contribution is -2.34. The average molecular weight is 401 g/mol. The second kappa shape index (κ2) is 7.25.